The summed E-state index contributed by atoms with van der Waals surface area (Å²) < 4.78 is 4.75. The van der Waals surface area contributed by atoms with Crippen molar-refractivity contribution < 1.29 is 24.5 Å². The average Bonchev–Trinajstić information content (AvgIpc) is 2.52. The molecule has 2 rings (SSSR count). The molecule has 2 aromatic heterocycles. The summed E-state index contributed by atoms with van der Waals surface area (Å²) in [5, 5.41) is 17.3. The second-order valence-electron chi connectivity index (χ2n) is 4.00. The van der Waals surface area contributed by atoms with Gasteiger partial charge in [0.15, 0.2) is 17.5 Å². The number of carboxylic acid groups (broad SMARTS) is 2. The number of aromatic nitrogens is 2. The minimum atomic E-state index is -1.18. The highest BCUT2D eigenvalue weighted by Gasteiger charge is 2.10. The van der Waals surface area contributed by atoms with Crippen molar-refractivity contribution in [2.24, 2.45) is 0 Å². The zero-order chi connectivity index (χ0) is 19.1. The highest BCUT2D eigenvalue weighted by atomic mass is 35.5. The quantitative estimate of drug-likeness (QED) is 0.658. The van der Waals surface area contributed by atoms with Crippen LogP contribution < -0.4 is 4.74 Å². The second-order valence-corrected chi connectivity index (χ2v) is 5.97. The monoisotopic (exact) mass is 446 g/mol. The second kappa shape index (κ2) is 9.84. The molecule has 2 heterocycles. The Balaban J connectivity index is 0.000000257. The van der Waals surface area contributed by atoms with Gasteiger partial charge < -0.3 is 14.9 Å². The number of nitrogens with zero attached hydrogens (tertiary/aromatic N) is 2. The fourth-order valence-corrected chi connectivity index (χ4v) is 2.11. The predicted octanol–water partition coefficient (Wildman–Crippen LogP) is 4.59. The smallest absolute Gasteiger partial charge is 0.356 e. The molecule has 0 amide bonds. The van der Waals surface area contributed by atoms with Gasteiger partial charge in [0.2, 0.25) is 5.88 Å². The summed E-state index contributed by atoms with van der Waals surface area (Å²) in [6, 6.07) is 4.15. The van der Waals surface area contributed by atoms with Crippen LogP contribution in [0.5, 0.6) is 5.88 Å². The number of carbonyl (C=O) groups is 2. The van der Waals surface area contributed by atoms with E-state index in [1.54, 1.807) is 0 Å². The summed E-state index contributed by atoms with van der Waals surface area (Å²) >= 11 is 27.7. The van der Waals surface area contributed by atoms with Crippen LogP contribution in [0.15, 0.2) is 18.2 Å². The lowest BCUT2D eigenvalue weighted by Crippen LogP contribution is -2.10. The number of hydrogen-bond donors (Lipinski definition) is 2. The fraction of sp³-hybridized carbons (Fsp3) is 0.0769. The Morgan fingerprint density at radius 1 is 0.960 bits per heavy atom. The maximum atomic E-state index is 10.4. The number of hydrogen-bond acceptors (Lipinski definition) is 5. The van der Waals surface area contributed by atoms with E-state index in [2.05, 4.69) is 9.97 Å². The van der Waals surface area contributed by atoms with E-state index in [1.807, 2.05) is 0 Å². The van der Waals surface area contributed by atoms with Crippen LogP contribution in [0, 0.1) is 0 Å². The van der Waals surface area contributed by atoms with Gasteiger partial charge in [0.25, 0.3) is 0 Å². The molecule has 0 unspecified atom stereocenters. The van der Waals surface area contributed by atoms with Gasteiger partial charge in [-0.05, 0) is 18.2 Å². The van der Waals surface area contributed by atoms with E-state index in [4.69, 9.17) is 73.0 Å². The molecule has 0 saturated carbocycles. The van der Waals surface area contributed by atoms with E-state index in [0.717, 1.165) is 0 Å². The summed E-state index contributed by atoms with van der Waals surface area (Å²) in [6.07, 6.45) is 0. The maximum Gasteiger partial charge on any atom is 0.356 e. The highest BCUT2D eigenvalue weighted by Crippen LogP contribution is 2.30. The third kappa shape index (κ3) is 7.09. The minimum absolute atomic E-state index is 0.0106. The molecule has 134 valence electrons. The SMILES string of the molecule is O=C(O)COc1nc(Cl)c(Cl)cc1Cl.O=C(O)c1nc(Cl)ccc1Cl. The molecule has 0 aliphatic carbocycles. The molecule has 0 saturated heterocycles. The Labute approximate surface area is 166 Å². The molecule has 0 radical (unpaired) electrons. The lowest BCUT2D eigenvalue weighted by Gasteiger charge is -2.05. The van der Waals surface area contributed by atoms with Crippen LogP contribution in [-0.2, 0) is 4.79 Å². The minimum Gasteiger partial charge on any atom is -0.479 e. The van der Waals surface area contributed by atoms with Crippen LogP contribution in [0.25, 0.3) is 0 Å². The van der Waals surface area contributed by atoms with E-state index in [0.29, 0.717) is 0 Å². The topological polar surface area (TPSA) is 110 Å². The number of aromatic carboxylic acids is 1. The molecule has 0 spiro atoms. The van der Waals surface area contributed by atoms with E-state index in [1.165, 1.54) is 18.2 Å². The van der Waals surface area contributed by atoms with Crippen molar-refractivity contribution in [1.82, 2.24) is 9.97 Å². The molecule has 0 fully saturated rings. The molecule has 0 aliphatic heterocycles. The first-order valence-electron chi connectivity index (χ1n) is 6.03. The summed E-state index contributed by atoms with van der Waals surface area (Å²) in [7, 11) is 0. The molecule has 0 bridgehead atoms. The predicted molar refractivity (Wildman–Crippen MR) is 93.6 cm³/mol. The highest BCUT2D eigenvalue weighted by molar-refractivity contribution is 6.42. The molecule has 2 N–H and O–H groups in total. The third-order valence-corrected chi connectivity index (χ3v) is 3.66. The van der Waals surface area contributed by atoms with Crippen LogP contribution in [0.4, 0.5) is 0 Å². The van der Waals surface area contributed by atoms with Gasteiger partial charge in [0, 0.05) is 0 Å². The van der Waals surface area contributed by atoms with E-state index in [-0.39, 0.29) is 36.9 Å². The standard InChI is InChI=1S/C7H4Cl3NO3.C6H3Cl2NO2/c8-3-1-4(9)7(11-6(3)10)14-2-5(12)13;7-3-1-2-4(8)9-5(3)6(10)11/h1H,2H2,(H,12,13);1-2H,(H,10,11). The number of rotatable bonds is 4. The van der Waals surface area contributed by atoms with Crippen molar-refractivity contribution in [2.45, 2.75) is 0 Å². The summed E-state index contributed by atoms with van der Waals surface area (Å²) in [5.74, 6) is -2.37. The van der Waals surface area contributed by atoms with Crippen LogP contribution in [0.1, 0.15) is 10.5 Å². The van der Waals surface area contributed by atoms with Gasteiger partial charge in [0.05, 0.1) is 10.0 Å². The Morgan fingerprint density at radius 3 is 2.12 bits per heavy atom. The lowest BCUT2D eigenvalue weighted by atomic mass is 10.3. The van der Waals surface area contributed by atoms with E-state index < -0.39 is 18.5 Å². The number of pyridine rings is 2. The molecule has 2 aromatic rings. The fourth-order valence-electron chi connectivity index (χ4n) is 1.23. The Hall–Kier alpha value is -1.51. The first kappa shape index (κ1) is 21.5. The van der Waals surface area contributed by atoms with Gasteiger partial charge in [-0.25, -0.2) is 14.6 Å². The van der Waals surface area contributed by atoms with Crippen LogP contribution in [-0.4, -0.2) is 38.7 Å². The van der Waals surface area contributed by atoms with Gasteiger partial charge in [-0.1, -0.05) is 58.0 Å². The maximum absolute atomic E-state index is 10.4. The van der Waals surface area contributed by atoms with Gasteiger partial charge in [-0.15, -0.1) is 0 Å². The lowest BCUT2D eigenvalue weighted by molar-refractivity contribution is -0.139. The molecule has 0 aromatic carbocycles. The van der Waals surface area contributed by atoms with Crippen LogP contribution in [0.2, 0.25) is 25.4 Å². The van der Waals surface area contributed by atoms with Crippen molar-refractivity contribution in [3.8, 4) is 5.88 Å². The van der Waals surface area contributed by atoms with Crippen molar-refractivity contribution in [3.05, 3.63) is 49.3 Å². The summed E-state index contributed by atoms with van der Waals surface area (Å²) in [6.45, 7) is -0.537. The zero-order valence-corrected chi connectivity index (χ0v) is 15.6. The van der Waals surface area contributed by atoms with Gasteiger partial charge in [-0.3, -0.25) is 0 Å². The average molecular weight is 448 g/mol. The number of ether oxygens (including phenoxy) is 1. The summed E-state index contributed by atoms with van der Waals surface area (Å²) in [4.78, 5) is 27.7. The number of aliphatic carboxylic acids is 1. The van der Waals surface area contributed by atoms with E-state index >= 15 is 0 Å². The van der Waals surface area contributed by atoms with Crippen LogP contribution in [0.3, 0.4) is 0 Å². The Morgan fingerprint density at radius 2 is 1.60 bits per heavy atom. The molecule has 12 heteroatoms. The van der Waals surface area contributed by atoms with E-state index in [9.17, 15) is 9.59 Å². The van der Waals surface area contributed by atoms with Gasteiger partial charge in [-0.2, -0.15) is 4.98 Å². The van der Waals surface area contributed by atoms with Crippen LogP contribution >= 0.6 is 58.0 Å². The van der Waals surface area contributed by atoms with Gasteiger partial charge >= 0.3 is 11.9 Å². The Bertz CT molecular complexity index is 803. The summed E-state index contributed by atoms with van der Waals surface area (Å²) in [5.41, 5.74) is -0.223. The van der Waals surface area contributed by atoms with Gasteiger partial charge in [0.1, 0.15) is 10.2 Å². The Kier molecular flexibility index (Phi) is 8.47. The van der Waals surface area contributed by atoms with Crippen molar-refractivity contribution in [3.63, 3.8) is 0 Å². The molecule has 25 heavy (non-hydrogen) atoms. The molecule has 0 aliphatic rings. The third-order valence-electron chi connectivity index (χ3n) is 2.20. The zero-order valence-electron chi connectivity index (χ0n) is 11.8. The van der Waals surface area contributed by atoms with Crippen molar-refractivity contribution in [1.29, 1.82) is 0 Å². The molecule has 0 atom stereocenters. The van der Waals surface area contributed by atoms with Crippen molar-refractivity contribution >= 4 is 69.9 Å². The largest absolute Gasteiger partial charge is 0.479 e. The van der Waals surface area contributed by atoms with Crippen molar-refractivity contribution in [2.75, 3.05) is 6.61 Å². The first-order valence-corrected chi connectivity index (χ1v) is 7.92. The molecular formula is C13H7Cl5N2O5. The first-order chi connectivity index (χ1) is 11.6. The normalized spacial score (nSPS) is 9.80. The molecular weight excluding hydrogens is 441 g/mol. The molecule has 7 nitrogen and oxygen atoms in total. The number of halogens is 5. The number of carboxylic acids is 2.